The summed E-state index contributed by atoms with van der Waals surface area (Å²) in [4.78, 5) is 11.4. The lowest BCUT2D eigenvalue weighted by Crippen LogP contribution is -2.29. The Hall–Kier alpha value is -2.29. The van der Waals surface area contributed by atoms with Crippen molar-refractivity contribution >= 4 is 5.97 Å². The number of para-hydroxylation sites is 1. The third-order valence-corrected chi connectivity index (χ3v) is 3.98. The number of benzene rings is 2. The molecule has 108 valence electrons. The van der Waals surface area contributed by atoms with E-state index in [1.165, 1.54) is 12.7 Å². The number of carbonyl (C=O) groups is 1. The highest BCUT2D eigenvalue weighted by Crippen LogP contribution is 2.43. The molecule has 0 aromatic heterocycles. The Morgan fingerprint density at radius 2 is 1.71 bits per heavy atom. The first-order valence-corrected chi connectivity index (χ1v) is 7.17. The predicted octanol–water partition coefficient (Wildman–Crippen LogP) is 4.15. The zero-order valence-corrected chi connectivity index (χ0v) is 12.0. The molecule has 3 rings (SSSR count). The van der Waals surface area contributed by atoms with E-state index in [1.54, 1.807) is 0 Å². The summed E-state index contributed by atoms with van der Waals surface area (Å²) in [6, 6.07) is 17.8. The van der Waals surface area contributed by atoms with E-state index in [9.17, 15) is 4.79 Å². The second-order valence-corrected chi connectivity index (χ2v) is 5.38. The second-order valence-electron chi connectivity index (χ2n) is 5.38. The average molecular weight is 282 g/mol. The normalized spacial score (nSPS) is 20.4. The van der Waals surface area contributed by atoms with Crippen molar-refractivity contribution in [3.63, 3.8) is 0 Å². The number of hydrogen-bond acceptors (Lipinski definition) is 3. The molecule has 0 amide bonds. The van der Waals surface area contributed by atoms with Gasteiger partial charge in [-0.1, -0.05) is 30.3 Å². The topological polar surface area (TPSA) is 35.5 Å². The zero-order valence-electron chi connectivity index (χ0n) is 12.0. The fraction of sp³-hybridized carbons (Fsp3) is 0.278. The molecule has 0 saturated heterocycles. The molecular formula is C18H18O3. The minimum absolute atomic E-state index is 0.0543. The van der Waals surface area contributed by atoms with Crippen LogP contribution < -0.4 is 4.74 Å². The fourth-order valence-corrected chi connectivity index (χ4v) is 2.71. The van der Waals surface area contributed by atoms with E-state index in [0.29, 0.717) is 5.92 Å². The molecule has 1 aliphatic rings. The Labute approximate surface area is 124 Å². The van der Waals surface area contributed by atoms with Gasteiger partial charge in [0.05, 0.1) is 13.0 Å². The second kappa shape index (κ2) is 6.00. The molecule has 3 heteroatoms. The van der Waals surface area contributed by atoms with Crippen molar-refractivity contribution in [2.75, 3.05) is 7.11 Å². The van der Waals surface area contributed by atoms with Gasteiger partial charge in [-0.2, -0.15) is 0 Å². The largest absolute Gasteiger partial charge is 0.469 e. The Morgan fingerprint density at radius 3 is 2.43 bits per heavy atom. The molecule has 0 radical (unpaired) electrons. The van der Waals surface area contributed by atoms with Crippen LogP contribution in [0.2, 0.25) is 0 Å². The summed E-state index contributed by atoms with van der Waals surface area (Å²) in [5.74, 6) is 2.05. The van der Waals surface area contributed by atoms with Gasteiger partial charge < -0.3 is 9.47 Å². The van der Waals surface area contributed by atoms with Gasteiger partial charge in [-0.05, 0) is 48.6 Å². The number of esters is 1. The van der Waals surface area contributed by atoms with Crippen LogP contribution in [0, 0.1) is 5.92 Å². The summed E-state index contributed by atoms with van der Waals surface area (Å²) < 4.78 is 10.6. The highest BCUT2D eigenvalue weighted by Gasteiger charge is 2.36. The van der Waals surface area contributed by atoms with Gasteiger partial charge in [0.15, 0.2) is 0 Å². The Bertz CT molecular complexity index is 615. The van der Waals surface area contributed by atoms with Gasteiger partial charge in [-0.25, -0.2) is 0 Å². The zero-order chi connectivity index (χ0) is 14.7. The van der Waals surface area contributed by atoms with Crippen molar-refractivity contribution in [3.8, 4) is 11.5 Å². The van der Waals surface area contributed by atoms with E-state index in [2.05, 4.69) is 12.1 Å². The molecule has 1 fully saturated rings. The van der Waals surface area contributed by atoms with Crippen molar-refractivity contribution in [2.45, 2.75) is 18.8 Å². The van der Waals surface area contributed by atoms with Crippen LogP contribution in [0.3, 0.4) is 0 Å². The van der Waals surface area contributed by atoms with E-state index in [1.807, 2.05) is 42.5 Å². The molecule has 1 aliphatic carbocycles. The molecule has 0 aliphatic heterocycles. The lowest BCUT2D eigenvalue weighted by atomic mass is 9.71. The molecule has 1 saturated carbocycles. The first-order chi connectivity index (χ1) is 10.3. The quantitative estimate of drug-likeness (QED) is 0.790. The molecule has 3 nitrogen and oxygen atoms in total. The Morgan fingerprint density at radius 1 is 1.00 bits per heavy atom. The first kappa shape index (κ1) is 13.7. The van der Waals surface area contributed by atoms with Gasteiger partial charge >= 0.3 is 5.97 Å². The number of carbonyl (C=O) groups excluding carboxylic acids is 1. The fourth-order valence-electron chi connectivity index (χ4n) is 2.71. The number of rotatable bonds is 4. The van der Waals surface area contributed by atoms with Crippen LogP contribution in [-0.2, 0) is 9.53 Å². The van der Waals surface area contributed by atoms with Gasteiger partial charge in [0.25, 0.3) is 0 Å². The molecule has 2 aromatic rings. The van der Waals surface area contributed by atoms with E-state index < -0.39 is 0 Å². The minimum Gasteiger partial charge on any atom is -0.469 e. The maximum atomic E-state index is 11.4. The third-order valence-electron chi connectivity index (χ3n) is 3.98. The lowest BCUT2D eigenvalue weighted by molar-refractivity contribution is -0.148. The number of ether oxygens (including phenoxy) is 2. The lowest BCUT2D eigenvalue weighted by Gasteiger charge is -2.33. The van der Waals surface area contributed by atoms with Crippen molar-refractivity contribution in [2.24, 2.45) is 5.92 Å². The van der Waals surface area contributed by atoms with Gasteiger partial charge in [0, 0.05) is 0 Å². The van der Waals surface area contributed by atoms with Crippen LogP contribution in [0.5, 0.6) is 11.5 Å². The van der Waals surface area contributed by atoms with E-state index >= 15 is 0 Å². The summed E-state index contributed by atoms with van der Waals surface area (Å²) in [7, 11) is 1.45. The molecule has 0 unspecified atom stereocenters. The van der Waals surface area contributed by atoms with Crippen LogP contribution in [0.4, 0.5) is 0 Å². The number of hydrogen-bond donors (Lipinski definition) is 0. The van der Waals surface area contributed by atoms with Gasteiger partial charge in [0.2, 0.25) is 0 Å². The number of methoxy groups -OCH3 is 1. The molecule has 2 aromatic carbocycles. The van der Waals surface area contributed by atoms with E-state index in [0.717, 1.165) is 24.3 Å². The Kier molecular flexibility index (Phi) is 3.91. The van der Waals surface area contributed by atoms with Crippen LogP contribution in [0.15, 0.2) is 54.6 Å². The van der Waals surface area contributed by atoms with Crippen LogP contribution >= 0.6 is 0 Å². The maximum absolute atomic E-state index is 11.4. The van der Waals surface area contributed by atoms with Crippen molar-refractivity contribution < 1.29 is 14.3 Å². The SMILES string of the molecule is COC(=O)C1CC(c2cccc(Oc3ccccc3)c2)C1. The molecule has 0 spiro atoms. The van der Waals surface area contributed by atoms with Crippen molar-refractivity contribution in [1.82, 2.24) is 0 Å². The summed E-state index contributed by atoms with van der Waals surface area (Å²) in [6.07, 6.45) is 1.73. The van der Waals surface area contributed by atoms with Crippen molar-refractivity contribution in [1.29, 1.82) is 0 Å². The highest BCUT2D eigenvalue weighted by molar-refractivity contribution is 5.73. The average Bonchev–Trinajstić information content (AvgIpc) is 2.47. The van der Waals surface area contributed by atoms with Crippen molar-refractivity contribution in [3.05, 3.63) is 60.2 Å². The summed E-state index contributed by atoms with van der Waals surface area (Å²) in [6.45, 7) is 0. The smallest absolute Gasteiger partial charge is 0.308 e. The molecule has 21 heavy (non-hydrogen) atoms. The summed E-state index contributed by atoms with van der Waals surface area (Å²) in [5, 5.41) is 0. The maximum Gasteiger partial charge on any atom is 0.308 e. The monoisotopic (exact) mass is 282 g/mol. The third kappa shape index (κ3) is 3.07. The van der Waals surface area contributed by atoms with Gasteiger partial charge in [-0.3, -0.25) is 4.79 Å². The molecular weight excluding hydrogens is 264 g/mol. The minimum atomic E-state index is -0.0945. The molecule has 0 atom stereocenters. The molecule has 0 bridgehead atoms. The van der Waals surface area contributed by atoms with Crippen LogP contribution in [0.25, 0.3) is 0 Å². The van der Waals surface area contributed by atoms with Gasteiger partial charge in [-0.15, -0.1) is 0 Å². The van der Waals surface area contributed by atoms with Crippen LogP contribution in [-0.4, -0.2) is 13.1 Å². The van der Waals surface area contributed by atoms with E-state index in [4.69, 9.17) is 9.47 Å². The Balaban J connectivity index is 1.66. The van der Waals surface area contributed by atoms with Gasteiger partial charge in [0.1, 0.15) is 11.5 Å². The van der Waals surface area contributed by atoms with Crippen LogP contribution in [0.1, 0.15) is 24.3 Å². The predicted molar refractivity (Wildman–Crippen MR) is 80.4 cm³/mol. The summed E-state index contributed by atoms with van der Waals surface area (Å²) >= 11 is 0. The van der Waals surface area contributed by atoms with E-state index in [-0.39, 0.29) is 11.9 Å². The first-order valence-electron chi connectivity index (χ1n) is 7.17. The molecule has 0 N–H and O–H groups in total. The summed E-state index contributed by atoms with van der Waals surface area (Å²) in [5.41, 5.74) is 1.23. The standard InChI is InChI=1S/C18H18O3/c1-20-18(19)15-10-14(11-15)13-6-5-9-17(12-13)21-16-7-3-2-4-8-16/h2-9,12,14-15H,10-11H2,1H3. The molecule has 0 heterocycles. The highest BCUT2D eigenvalue weighted by atomic mass is 16.5.